The van der Waals surface area contributed by atoms with Gasteiger partial charge in [-0.15, -0.1) is 0 Å². The fourth-order valence-corrected chi connectivity index (χ4v) is 8.90. The summed E-state index contributed by atoms with van der Waals surface area (Å²) < 4.78 is 40.7. The first-order chi connectivity index (χ1) is 22.7. The Bertz CT molecular complexity index is 1720. The first kappa shape index (κ1) is 40.3. The number of para-hydroxylation sites is 1. The molecule has 1 unspecified atom stereocenters. The normalized spacial score (nSPS) is 16.9. The number of unbranched alkanes of at least 4 members (excludes halogenated alkanes) is 1. The Labute approximate surface area is 299 Å². The summed E-state index contributed by atoms with van der Waals surface area (Å²) in [6.45, 7) is 0.335. The summed E-state index contributed by atoms with van der Waals surface area (Å²) >= 11 is 0. The van der Waals surface area contributed by atoms with Crippen LogP contribution in [0.15, 0.2) is 60.8 Å². The molecule has 7 N–H and O–H groups in total. The molecule has 2 amide bonds. The number of carbonyl (C=O) groups is 3. The number of H-pyrrole nitrogens is 1. The molecule has 2 aromatic carbocycles. The van der Waals surface area contributed by atoms with Crippen molar-refractivity contribution < 1.29 is 56.4 Å². The van der Waals surface area contributed by atoms with E-state index in [1.54, 1.807) is 36.5 Å². The zero-order valence-electron chi connectivity index (χ0n) is 27.9. The number of aromatic amines is 1. The van der Waals surface area contributed by atoms with E-state index in [9.17, 15) is 37.6 Å². The van der Waals surface area contributed by atoms with Crippen molar-refractivity contribution in [2.75, 3.05) is 19.0 Å². The van der Waals surface area contributed by atoms with Gasteiger partial charge in [0.15, 0.2) is 6.16 Å². The average molecular weight is 709 g/mol. The second-order valence-electron chi connectivity index (χ2n) is 12.6. The first-order valence-corrected chi connectivity index (χ1v) is 19.4. The maximum absolute atomic E-state index is 14.3. The van der Waals surface area contributed by atoms with Crippen molar-refractivity contribution in [2.45, 2.75) is 75.3 Å². The van der Waals surface area contributed by atoms with Crippen molar-refractivity contribution in [1.29, 1.82) is 0 Å². The molecule has 49 heavy (non-hydrogen) atoms. The summed E-state index contributed by atoms with van der Waals surface area (Å²) in [5, 5.41) is 30.1. The third-order valence-corrected chi connectivity index (χ3v) is 11.5. The van der Waals surface area contributed by atoms with Gasteiger partial charge in [0.1, 0.15) is 6.04 Å². The number of benzene rings is 2. The van der Waals surface area contributed by atoms with E-state index in [1.165, 1.54) is 0 Å². The number of aliphatic carboxylic acids is 1. The number of sulfonamides is 1. The monoisotopic (exact) mass is 708 g/mol. The molecule has 1 saturated carbocycles. The van der Waals surface area contributed by atoms with Crippen LogP contribution in [0, 0.1) is 5.41 Å². The fourth-order valence-electron chi connectivity index (χ4n) is 6.29. The average Bonchev–Trinajstić information content (AvgIpc) is 3.68. The molecule has 3 aromatic rings. The number of nitrogens with two attached hydrogens (primary N) is 1. The maximum Gasteiger partial charge on any atom is 1.00 e. The van der Waals surface area contributed by atoms with Gasteiger partial charge in [0.2, 0.25) is 21.8 Å². The van der Waals surface area contributed by atoms with Crippen molar-refractivity contribution in [3.8, 4) is 0 Å². The van der Waals surface area contributed by atoms with Crippen LogP contribution in [0.4, 0.5) is 0 Å². The second kappa shape index (κ2) is 17.7. The van der Waals surface area contributed by atoms with Gasteiger partial charge in [-0.2, -0.15) is 0 Å². The zero-order chi connectivity index (χ0) is 35.0. The quantitative estimate of drug-likeness (QED) is 0.0387. The minimum Gasteiger partial charge on any atom is -0.548 e. The van der Waals surface area contributed by atoms with Gasteiger partial charge in [-0.05, 0) is 49.4 Å². The Morgan fingerprint density at radius 2 is 1.71 bits per heavy atom. The summed E-state index contributed by atoms with van der Waals surface area (Å²) in [6, 6.07) is 13.3. The second-order valence-corrected chi connectivity index (χ2v) is 16.2. The van der Waals surface area contributed by atoms with Crippen LogP contribution >= 0.6 is 7.80 Å². The minimum absolute atomic E-state index is 0. The molecule has 4 rings (SSSR count). The molecule has 0 spiro atoms. The molecular formula is C33H44LiN5O8PS+. The van der Waals surface area contributed by atoms with E-state index in [0.717, 1.165) is 17.2 Å². The van der Waals surface area contributed by atoms with E-state index in [1.807, 2.05) is 24.3 Å². The standard InChI is InChI=1S/C33H44N5O8PS.Li/c1-48(45,46)38-27(15-7-10-18-34)29(39)37-33(43,20-23-11-3-2-4-12-23)47(44)22-32(16-8-9-17-32)31(42)36-28(30(40)41)19-24-21-35-26-14-6-5-13-25(24)26;/h2-6,11-14,21,27-28,35,38,43H,7-10,15-20,22,34H2,1H3,(H2-,36,37,39,40,41,42);/q;+1/t27-,28-,33+;/m0./s1. The van der Waals surface area contributed by atoms with Crippen LogP contribution in [0.1, 0.15) is 56.1 Å². The minimum atomic E-state index is -3.83. The summed E-state index contributed by atoms with van der Waals surface area (Å²) in [5.41, 5.74) is 3.95. The van der Waals surface area contributed by atoms with Crippen LogP contribution in [-0.2, 0) is 41.8 Å². The van der Waals surface area contributed by atoms with E-state index in [4.69, 9.17) is 5.73 Å². The molecule has 0 bridgehead atoms. The van der Waals surface area contributed by atoms with Gasteiger partial charge in [0.25, 0.3) is 0 Å². The number of carboxylic acid groups (broad SMARTS) is 1. The van der Waals surface area contributed by atoms with Crippen molar-refractivity contribution in [3.63, 3.8) is 0 Å². The van der Waals surface area contributed by atoms with E-state index < -0.39 is 58.6 Å². The number of hydrogen-bond donors (Lipinski definition) is 6. The number of amides is 2. The van der Waals surface area contributed by atoms with Gasteiger partial charge in [0, 0.05) is 23.5 Å². The van der Waals surface area contributed by atoms with Crippen molar-refractivity contribution in [2.24, 2.45) is 11.1 Å². The van der Waals surface area contributed by atoms with Crippen molar-refractivity contribution in [3.05, 3.63) is 71.9 Å². The topological polar surface area (TPSA) is 224 Å². The fraction of sp³-hybridized carbons (Fsp3) is 0.485. The molecule has 1 fully saturated rings. The van der Waals surface area contributed by atoms with E-state index in [2.05, 4.69) is 20.3 Å². The smallest absolute Gasteiger partial charge is 0.548 e. The summed E-state index contributed by atoms with van der Waals surface area (Å²) in [7, 11) is -6.64. The number of carbonyl (C=O) groups excluding carboxylic acids is 3. The van der Waals surface area contributed by atoms with Crippen molar-refractivity contribution in [1.82, 2.24) is 20.3 Å². The van der Waals surface area contributed by atoms with E-state index >= 15 is 0 Å². The summed E-state index contributed by atoms with van der Waals surface area (Å²) in [4.78, 5) is 42.8. The summed E-state index contributed by atoms with van der Waals surface area (Å²) in [6.07, 6.45) is 4.75. The molecule has 0 aliphatic heterocycles. The Morgan fingerprint density at radius 3 is 2.35 bits per heavy atom. The Morgan fingerprint density at radius 1 is 1.06 bits per heavy atom. The molecule has 0 saturated heterocycles. The third kappa shape index (κ3) is 11.0. The number of aliphatic hydroxyl groups is 1. The maximum atomic E-state index is 14.3. The molecule has 4 atom stereocenters. The first-order valence-electron chi connectivity index (χ1n) is 16.0. The molecule has 16 heteroatoms. The third-order valence-electron chi connectivity index (χ3n) is 8.83. The molecule has 13 nitrogen and oxygen atoms in total. The SMILES string of the molecule is CS(=O)(=O)N[C@@H](CCCCN)C(=O)N[C@@](O)(Cc1ccccc1)[P+](=O)CC1(C(=O)N[C@@H](Cc2c[nH]c3ccccc23)C(=O)[O-])CCCC1.[Li+]. The van der Waals surface area contributed by atoms with Gasteiger partial charge in [-0.1, -0.05) is 72.4 Å². The molecular weight excluding hydrogens is 664 g/mol. The molecule has 260 valence electrons. The molecule has 0 radical (unpaired) electrons. The van der Waals surface area contributed by atoms with Crippen LogP contribution in [0.5, 0.6) is 0 Å². The van der Waals surface area contributed by atoms with Crippen LogP contribution in [0.2, 0.25) is 0 Å². The Hall–Kier alpha value is -3.08. The van der Waals surface area contributed by atoms with Crippen molar-refractivity contribution >= 4 is 46.5 Å². The predicted molar refractivity (Wildman–Crippen MR) is 180 cm³/mol. The number of rotatable bonds is 18. The summed E-state index contributed by atoms with van der Waals surface area (Å²) in [5.74, 6) is -2.97. The largest absolute Gasteiger partial charge is 1.00 e. The molecule has 1 aromatic heterocycles. The Balaban J connectivity index is 0.00000650. The predicted octanol–water partition coefficient (Wildman–Crippen LogP) is -1.61. The van der Waals surface area contributed by atoms with Crippen LogP contribution < -0.4 is 45.1 Å². The van der Waals surface area contributed by atoms with Gasteiger partial charge in [-0.3, -0.25) is 14.9 Å². The number of carboxylic acids is 1. The molecule has 1 aliphatic rings. The zero-order valence-corrected chi connectivity index (χ0v) is 29.7. The van der Waals surface area contributed by atoms with Gasteiger partial charge in [-0.25, -0.2) is 13.1 Å². The van der Waals surface area contributed by atoms with Crippen LogP contribution in [0.3, 0.4) is 0 Å². The Kier molecular flexibility index (Phi) is 14.6. The number of nitrogens with one attached hydrogen (secondary N) is 4. The van der Waals surface area contributed by atoms with E-state index in [-0.39, 0.29) is 44.3 Å². The van der Waals surface area contributed by atoms with Gasteiger partial charge in [0.05, 0.1) is 30.1 Å². The van der Waals surface area contributed by atoms with Crippen LogP contribution in [0.25, 0.3) is 10.9 Å². The molecule has 1 heterocycles. The van der Waals surface area contributed by atoms with E-state index in [0.29, 0.717) is 56.2 Å². The van der Waals surface area contributed by atoms with Gasteiger partial charge >= 0.3 is 32.1 Å². The number of fused-ring (bicyclic) bond motifs is 1. The molecule has 1 aliphatic carbocycles. The van der Waals surface area contributed by atoms with Gasteiger partial charge < -0.3 is 31.0 Å². The number of hydrogen-bond acceptors (Lipinski definition) is 9. The number of aromatic nitrogens is 1. The van der Waals surface area contributed by atoms with Crippen LogP contribution in [-0.4, -0.2) is 72.8 Å².